The summed E-state index contributed by atoms with van der Waals surface area (Å²) in [5.41, 5.74) is 0.865. The number of rotatable bonds is 5. The predicted molar refractivity (Wildman–Crippen MR) is 82.6 cm³/mol. The van der Waals surface area contributed by atoms with Gasteiger partial charge in [-0.05, 0) is 48.4 Å². The third kappa shape index (κ3) is 4.59. The van der Waals surface area contributed by atoms with Gasteiger partial charge in [-0.2, -0.15) is 0 Å². The highest BCUT2D eigenvalue weighted by atomic mass is 35.7. The van der Waals surface area contributed by atoms with Crippen molar-refractivity contribution < 1.29 is 17.9 Å². The molecule has 0 spiro atoms. The molecular weight excluding hydrogens is 312 g/mol. The molecule has 4 nitrogen and oxygen atoms in total. The molecule has 1 heterocycles. The summed E-state index contributed by atoms with van der Waals surface area (Å²) >= 11 is 0. The van der Waals surface area contributed by atoms with Gasteiger partial charge in [0, 0.05) is 23.9 Å². The highest BCUT2D eigenvalue weighted by molar-refractivity contribution is 8.13. The summed E-state index contributed by atoms with van der Waals surface area (Å²) in [6.45, 7) is 6.21. The van der Waals surface area contributed by atoms with Crippen LogP contribution in [0.3, 0.4) is 0 Å². The van der Waals surface area contributed by atoms with E-state index in [1.807, 2.05) is 13.8 Å². The van der Waals surface area contributed by atoms with Crippen LogP contribution in [0.4, 0.5) is 0 Å². The minimum atomic E-state index is -3.71. The van der Waals surface area contributed by atoms with E-state index in [0.717, 1.165) is 37.4 Å². The minimum absolute atomic E-state index is 0.117. The smallest absolute Gasteiger partial charge is 0.261 e. The van der Waals surface area contributed by atoms with E-state index in [-0.39, 0.29) is 10.8 Å². The topological polar surface area (TPSA) is 52.6 Å². The molecule has 1 fully saturated rings. The number of hydrogen-bond donors (Lipinski definition) is 0. The van der Waals surface area contributed by atoms with E-state index in [1.54, 1.807) is 12.1 Å². The molecule has 0 radical (unpaired) electrons. The molecule has 1 aromatic rings. The lowest BCUT2D eigenvalue weighted by atomic mass is 10.0. The van der Waals surface area contributed by atoms with Crippen LogP contribution in [-0.4, -0.2) is 28.2 Å². The lowest BCUT2D eigenvalue weighted by Gasteiger charge is -2.23. The van der Waals surface area contributed by atoms with Crippen LogP contribution in [-0.2, 0) is 13.8 Å². The highest BCUT2D eigenvalue weighted by Crippen LogP contribution is 2.31. The largest absolute Gasteiger partial charge is 0.493 e. The molecule has 0 bridgehead atoms. The van der Waals surface area contributed by atoms with Crippen LogP contribution >= 0.6 is 10.7 Å². The summed E-state index contributed by atoms with van der Waals surface area (Å²) in [5.74, 6) is 1.39. The molecule has 0 unspecified atom stereocenters. The van der Waals surface area contributed by atoms with Crippen molar-refractivity contribution in [2.75, 3.05) is 19.8 Å². The first-order valence-electron chi connectivity index (χ1n) is 7.17. The van der Waals surface area contributed by atoms with Crippen LogP contribution in [0.2, 0.25) is 0 Å². The van der Waals surface area contributed by atoms with E-state index in [1.165, 1.54) is 6.07 Å². The van der Waals surface area contributed by atoms with Gasteiger partial charge in [0.1, 0.15) is 5.75 Å². The van der Waals surface area contributed by atoms with Crippen LogP contribution in [0, 0.1) is 5.92 Å². The summed E-state index contributed by atoms with van der Waals surface area (Å²) < 4.78 is 34.1. The Kier molecular flexibility index (Phi) is 5.52. The Balaban J connectivity index is 2.14. The normalized spacial score (nSPS) is 17.1. The van der Waals surface area contributed by atoms with Gasteiger partial charge in [-0.15, -0.1) is 0 Å². The summed E-state index contributed by atoms with van der Waals surface area (Å²) in [4.78, 5) is 0.117. The van der Waals surface area contributed by atoms with Gasteiger partial charge < -0.3 is 9.47 Å². The molecule has 2 rings (SSSR count). The van der Waals surface area contributed by atoms with Crippen LogP contribution in [0.5, 0.6) is 5.75 Å². The third-order valence-electron chi connectivity index (χ3n) is 3.70. The Bertz CT molecular complexity index is 577. The molecule has 1 aliphatic rings. The van der Waals surface area contributed by atoms with Crippen molar-refractivity contribution in [2.24, 2.45) is 5.92 Å². The summed E-state index contributed by atoms with van der Waals surface area (Å²) in [5, 5.41) is 0. The first-order valence-corrected chi connectivity index (χ1v) is 9.48. The zero-order chi connectivity index (χ0) is 15.5. The lowest BCUT2D eigenvalue weighted by Crippen LogP contribution is -2.21. The van der Waals surface area contributed by atoms with Crippen LogP contribution in [0.15, 0.2) is 23.1 Å². The first kappa shape index (κ1) is 16.6. The van der Waals surface area contributed by atoms with E-state index in [2.05, 4.69) is 0 Å². The summed E-state index contributed by atoms with van der Waals surface area (Å²) in [6.07, 6.45) is 2.01. The molecule has 0 saturated carbocycles. The summed E-state index contributed by atoms with van der Waals surface area (Å²) in [7, 11) is 1.69. The van der Waals surface area contributed by atoms with E-state index < -0.39 is 9.05 Å². The molecular formula is C15H21ClO4S. The standard InChI is InChI=1S/C15H21ClO4S/c1-11(2)14-9-13(21(16,17)18)3-4-15(14)20-10-12-5-7-19-8-6-12/h3-4,9,11-12H,5-8,10H2,1-2H3. The van der Waals surface area contributed by atoms with E-state index >= 15 is 0 Å². The van der Waals surface area contributed by atoms with Crippen molar-refractivity contribution in [3.8, 4) is 5.75 Å². The number of benzene rings is 1. The second-order valence-electron chi connectivity index (χ2n) is 5.66. The van der Waals surface area contributed by atoms with Crippen LogP contribution < -0.4 is 4.74 Å². The Morgan fingerprint density at radius 2 is 2.00 bits per heavy atom. The minimum Gasteiger partial charge on any atom is -0.493 e. The molecule has 1 saturated heterocycles. The zero-order valence-electron chi connectivity index (χ0n) is 12.3. The number of halogens is 1. The maximum absolute atomic E-state index is 11.4. The van der Waals surface area contributed by atoms with E-state index in [4.69, 9.17) is 20.2 Å². The molecule has 6 heteroatoms. The van der Waals surface area contributed by atoms with Crippen molar-refractivity contribution >= 4 is 19.7 Å². The van der Waals surface area contributed by atoms with Crippen molar-refractivity contribution in [1.29, 1.82) is 0 Å². The molecule has 0 aliphatic carbocycles. The fraction of sp³-hybridized carbons (Fsp3) is 0.600. The molecule has 0 atom stereocenters. The van der Waals surface area contributed by atoms with Gasteiger partial charge in [-0.25, -0.2) is 8.42 Å². The molecule has 0 amide bonds. The van der Waals surface area contributed by atoms with Crippen molar-refractivity contribution in [3.05, 3.63) is 23.8 Å². The van der Waals surface area contributed by atoms with E-state index in [0.29, 0.717) is 12.5 Å². The Hall–Kier alpha value is -0.780. The predicted octanol–water partition coefficient (Wildman–Crippen LogP) is 3.54. The fourth-order valence-corrected chi connectivity index (χ4v) is 3.17. The second kappa shape index (κ2) is 6.99. The fourth-order valence-electron chi connectivity index (χ4n) is 2.38. The van der Waals surface area contributed by atoms with Crippen LogP contribution in [0.1, 0.15) is 38.2 Å². The van der Waals surface area contributed by atoms with Gasteiger partial charge in [0.15, 0.2) is 0 Å². The second-order valence-corrected chi connectivity index (χ2v) is 8.22. The lowest BCUT2D eigenvalue weighted by molar-refractivity contribution is 0.0495. The maximum Gasteiger partial charge on any atom is 0.261 e. The van der Waals surface area contributed by atoms with Gasteiger partial charge in [-0.1, -0.05) is 13.8 Å². The van der Waals surface area contributed by atoms with Crippen LogP contribution in [0.25, 0.3) is 0 Å². The number of hydrogen-bond acceptors (Lipinski definition) is 4. The average Bonchev–Trinajstić information content (AvgIpc) is 2.45. The van der Waals surface area contributed by atoms with Crippen molar-refractivity contribution in [2.45, 2.75) is 37.5 Å². The molecule has 21 heavy (non-hydrogen) atoms. The van der Waals surface area contributed by atoms with Crippen molar-refractivity contribution in [3.63, 3.8) is 0 Å². The van der Waals surface area contributed by atoms with Gasteiger partial charge in [0.25, 0.3) is 9.05 Å². The monoisotopic (exact) mass is 332 g/mol. The maximum atomic E-state index is 11.4. The number of ether oxygens (including phenoxy) is 2. The van der Waals surface area contributed by atoms with Crippen molar-refractivity contribution in [1.82, 2.24) is 0 Å². The Labute approximate surface area is 130 Å². The summed E-state index contributed by atoms with van der Waals surface area (Å²) in [6, 6.07) is 4.80. The molecule has 118 valence electrons. The molecule has 1 aliphatic heterocycles. The SMILES string of the molecule is CC(C)c1cc(S(=O)(=O)Cl)ccc1OCC1CCOCC1. The van der Waals surface area contributed by atoms with Gasteiger partial charge >= 0.3 is 0 Å². The third-order valence-corrected chi connectivity index (χ3v) is 5.05. The molecule has 0 aromatic heterocycles. The van der Waals surface area contributed by atoms with Gasteiger partial charge in [-0.3, -0.25) is 0 Å². The Morgan fingerprint density at radius 1 is 1.33 bits per heavy atom. The first-order chi connectivity index (χ1) is 9.88. The average molecular weight is 333 g/mol. The van der Waals surface area contributed by atoms with Gasteiger partial charge in [0.2, 0.25) is 0 Å². The quantitative estimate of drug-likeness (QED) is 0.774. The highest BCUT2D eigenvalue weighted by Gasteiger charge is 2.18. The molecule has 1 aromatic carbocycles. The van der Waals surface area contributed by atoms with E-state index in [9.17, 15) is 8.42 Å². The molecule has 0 N–H and O–H groups in total. The van der Waals surface area contributed by atoms with Gasteiger partial charge in [0.05, 0.1) is 11.5 Å². The zero-order valence-corrected chi connectivity index (χ0v) is 13.9. The Morgan fingerprint density at radius 3 is 2.57 bits per heavy atom.